The van der Waals surface area contributed by atoms with Crippen LogP contribution in [0.25, 0.3) is 0 Å². The number of carbonyl (C=O) groups excluding carboxylic acids is 1. The summed E-state index contributed by atoms with van der Waals surface area (Å²) in [5.41, 5.74) is 1.02. The van der Waals surface area contributed by atoms with Gasteiger partial charge in [-0.15, -0.1) is 11.6 Å². The summed E-state index contributed by atoms with van der Waals surface area (Å²) in [5.74, 6) is 1.86. The molecule has 0 spiro atoms. The van der Waals surface area contributed by atoms with Gasteiger partial charge in [0.2, 0.25) is 12.7 Å². The second kappa shape index (κ2) is 6.15. The number of fused-ring (bicyclic) bond motifs is 1. The van der Waals surface area contributed by atoms with Crippen LogP contribution < -0.4 is 9.47 Å². The molecule has 0 atom stereocenters. The highest BCUT2D eigenvalue weighted by atomic mass is 35.5. The quantitative estimate of drug-likeness (QED) is 0.780. The van der Waals surface area contributed by atoms with Gasteiger partial charge in [0.05, 0.1) is 0 Å². The minimum atomic E-state index is -0.0481. The predicted molar refractivity (Wildman–Crippen MR) is 73.5 cm³/mol. The summed E-state index contributed by atoms with van der Waals surface area (Å²) >= 11 is 5.65. The van der Waals surface area contributed by atoms with Crippen LogP contribution in [0.5, 0.6) is 11.5 Å². The van der Waals surface area contributed by atoms with Crippen molar-refractivity contribution in [2.24, 2.45) is 5.92 Å². The summed E-state index contributed by atoms with van der Waals surface area (Å²) in [6.07, 6.45) is 0. The van der Waals surface area contributed by atoms with E-state index >= 15 is 0 Å². The summed E-state index contributed by atoms with van der Waals surface area (Å²) < 4.78 is 10.6. The zero-order valence-electron chi connectivity index (χ0n) is 11.2. The van der Waals surface area contributed by atoms with Crippen LogP contribution in [0.2, 0.25) is 0 Å². The van der Waals surface area contributed by atoms with E-state index < -0.39 is 0 Å². The van der Waals surface area contributed by atoms with E-state index in [2.05, 4.69) is 13.8 Å². The molecule has 1 aromatic rings. The topological polar surface area (TPSA) is 38.8 Å². The lowest BCUT2D eigenvalue weighted by Gasteiger charge is -2.24. The Kier molecular flexibility index (Phi) is 4.53. The molecule has 2 rings (SSSR count). The number of hydrogen-bond donors (Lipinski definition) is 0. The van der Waals surface area contributed by atoms with Gasteiger partial charge >= 0.3 is 0 Å². The first-order chi connectivity index (χ1) is 9.10. The van der Waals surface area contributed by atoms with E-state index in [0.29, 0.717) is 19.0 Å². The van der Waals surface area contributed by atoms with Gasteiger partial charge in [0, 0.05) is 13.1 Å². The fourth-order valence-electron chi connectivity index (χ4n) is 2.04. The average molecular weight is 284 g/mol. The normalized spacial score (nSPS) is 12.8. The van der Waals surface area contributed by atoms with E-state index in [1.165, 1.54) is 0 Å². The van der Waals surface area contributed by atoms with Gasteiger partial charge in [0.25, 0.3) is 0 Å². The molecular weight excluding hydrogens is 266 g/mol. The lowest BCUT2D eigenvalue weighted by molar-refractivity contribution is -0.129. The van der Waals surface area contributed by atoms with Crippen molar-refractivity contribution in [3.8, 4) is 11.5 Å². The van der Waals surface area contributed by atoms with E-state index in [0.717, 1.165) is 17.1 Å². The van der Waals surface area contributed by atoms with Gasteiger partial charge in [-0.25, -0.2) is 0 Å². The monoisotopic (exact) mass is 283 g/mol. The zero-order valence-corrected chi connectivity index (χ0v) is 11.9. The van der Waals surface area contributed by atoms with Gasteiger partial charge < -0.3 is 14.4 Å². The van der Waals surface area contributed by atoms with Crippen LogP contribution in [0.15, 0.2) is 18.2 Å². The number of benzene rings is 1. The van der Waals surface area contributed by atoms with Crippen LogP contribution in [-0.2, 0) is 11.3 Å². The summed E-state index contributed by atoms with van der Waals surface area (Å²) in [5, 5.41) is 0. The van der Waals surface area contributed by atoms with Crippen molar-refractivity contribution in [3.05, 3.63) is 23.8 Å². The molecule has 0 bridgehead atoms. The SMILES string of the molecule is CC(C)CN(Cc1ccc2c(c1)OCO2)C(=O)CCl. The number of halogens is 1. The van der Waals surface area contributed by atoms with Gasteiger partial charge in [-0.05, 0) is 23.6 Å². The Bertz CT molecular complexity index is 462. The van der Waals surface area contributed by atoms with E-state index in [-0.39, 0.29) is 18.6 Å². The Morgan fingerprint density at radius 2 is 2.11 bits per heavy atom. The van der Waals surface area contributed by atoms with E-state index in [9.17, 15) is 4.79 Å². The molecule has 0 aliphatic carbocycles. The van der Waals surface area contributed by atoms with Crippen molar-refractivity contribution in [2.45, 2.75) is 20.4 Å². The first kappa shape index (κ1) is 14.0. The number of ether oxygens (including phenoxy) is 2. The Hall–Kier alpha value is -1.42. The number of carbonyl (C=O) groups is 1. The van der Waals surface area contributed by atoms with Crippen LogP contribution >= 0.6 is 11.6 Å². The van der Waals surface area contributed by atoms with Gasteiger partial charge in [-0.3, -0.25) is 4.79 Å². The molecule has 0 radical (unpaired) electrons. The summed E-state index contributed by atoms with van der Waals surface area (Å²) in [6, 6.07) is 5.73. The maximum Gasteiger partial charge on any atom is 0.237 e. The van der Waals surface area contributed by atoms with Crippen LogP contribution in [0.1, 0.15) is 19.4 Å². The van der Waals surface area contributed by atoms with E-state index in [4.69, 9.17) is 21.1 Å². The first-order valence-corrected chi connectivity index (χ1v) is 6.86. The lowest BCUT2D eigenvalue weighted by atomic mass is 10.1. The van der Waals surface area contributed by atoms with Crippen LogP contribution in [-0.4, -0.2) is 30.0 Å². The molecule has 4 nitrogen and oxygen atoms in total. The minimum absolute atomic E-state index is 0.0112. The molecule has 1 heterocycles. The number of nitrogens with zero attached hydrogens (tertiary/aromatic N) is 1. The highest BCUT2D eigenvalue weighted by Crippen LogP contribution is 2.32. The Morgan fingerprint density at radius 1 is 1.37 bits per heavy atom. The molecule has 1 aromatic carbocycles. The predicted octanol–water partition coefficient (Wildman–Crippen LogP) is 2.64. The van der Waals surface area contributed by atoms with Crippen molar-refractivity contribution in [2.75, 3.05) is 19.2 Å². The highest BCUT2D eigenvalue weighted by Gasteiger charge is 2.17. The van der Waals surface area contributed by atoms with Crippen molar-refractivity contribution in [1.29, 1.82) is 0 Å². The van der Waals surface area contributed by atoms with Gasteiger partial charge in [0.1, 0.15) is 5.88 Å². The molecule has 0 fully saturated rings. The second-order valence-corrected chi connectivity index (χ2v) is 5.26. The fourth-order valence-corrected chi connectivity index (χ4v) is 2.21. The summed E-state index contributed by atoms with van der Waals surface area (Å²) in [6.45, 7) is 5.65. The van der Waals surface area contributed by atoms with Crippen LogP contribution in [0.4, 0.5) is 0 Å². The third kappa shape index (κ3) is 3.53. The van der Waals surface area contributed by atoms with Gasteiger partial charge in [0.15, 0.2) is 11.5 Å². The molecular formula is C14H18ClNO3. The standard InChI is InChI=1S/C14H18ClNO3/c1-10(2)7-16(14(17)6-15)8-11-3-4-12-13(5-11)19-9-18-12/h3-5,10H,6-9H2,1-2H3. The van der Waals surface area contributed by atoms with Crippen LogP contribution in [0.3, 0.4) is 0 Å². The third-order valence-corrected chi connectivity index (χ3v) is 3.09. The molecule has 1 aliphatic heterocycles. The fraction of sp³-hybridized carbons (Fsp3) is 0.500. The molecule has 1 aliphatic rings. The molecule has 0 N–H and O–H groups in total. The van der Waals surface area contributed by atoms with E-state index in [1.807, 2.05) is 18.2 Å². The summed E-state index contributed by atoms with van der Waals surface area (Å²) in [7, 11) is 0. The number of alkyl halides is 1. The number of hydrogen-bond acceptors (Lipinski definition) is 3. The molecule has 0 aromatic heterocycles. The van der Waals surface area contributed by atoms with Gasteiger partial charge in [-0.1, -0.05) is 19.9 Å². The minimum Gasteiger partial charge on any atom is -0.454 e. The molecule has 0 saturated carbocycles. The van der Waals surface area contributed by atoms with Crippen molar-refractivity contribution in [3.63, 3.8) is 0 Å². The van der Waals surface area contributed by atoms with Gasteiger partial charge in [-0.2, -0.15) is 0 Å². The smallest absolute Gasteiger partial charge is 0.237 e. The number of amides is 1. The largest absolute Gasteiger partial charge is 0.454 e. The lowest BCUT2D eigenvalue weighted by Crippen LogP contribution is -2.34. The molecule has 0 saturated heterocycles. The Morgan fingerprint density at radius 3 is 2.79 bits per heavy atom. The van der Waals surface area contributed by atoms with Crippen LogP contribution in [0, 0.1) is 5.92 Å². The molecule has 1 amide bonds. The first-order valence-electron chi connectivity index (χ1n) is 6.32. The highest BCUT2D eigenvalue weighted by molar-refractivity contribution is 6.27. The Balaban J connectivity index is 2.10. The van der Waals surface area contributed by atoms with Crippen molar-refractivity contribution >= 4 is 17.5 Å². The molecule has 0 unspecified atom stereocenters. The zero-order chi connectivity index (χ0) is 13.8. The second-order valence-electron chi connectivity index (χ2n) is 4.99. The van der Waals surface area contributed by atoms with E-state index in [1.54, 1.807) is 4.90 Å². The molecule has 19 heavy (non-hydrogen) atoms. The maximum atomic E-state index is 11.8. The van der Waals surface area contributed by atoms with Crippen molar-refractivity contribution < 1.29 is 14.3 Å². The average Bonchev–Trinajstić information content (AvgIpc) is 2.84. The number of rotatable bonds is 5. The maximum absolute atomic E-state index is 11.8. The molecule has 5 heteroatoms. The Labute approximate surface area is 118 Å². The summed E-state index contributed by atoms with van der Waals surface area (Å²) in [4.78, 5) is 13.6. The third-order valence-electron chi connectivity index (χ3n) is 2.86. The molecule has 104 valence electrons. The van der Waals surface area contributed by atoms with Crippen molar-refractivity contribution in [1.82, 2.24) is 4.90 Å².